The van der Waals surface area contributed by atoms with Gasteiger partial charge in [-0.25, -0.2) is 0 Å². The van der Waals surface area contributed by atoms with Crippen molar-refractivity contribution in [1.29, 1.82) is 0 Å². The minimum atomic E-state index is -0.688. The molecule has 1 amide bonds. The van der Waals surface area contributed by atoms with Crippen LogP contribution in [0.15, 0.2) is 18.2 Å². The maximum atomic E-state index is 11.7. The Morgan fingerprint density at radius 3 is 2.67 bits per heavy atom. The Labute approximate surface area is 109 Å². The summed E-state index contributed by atoms with van der Waals surface area (Å²) >= 11 is 0. The molecule has 0 bridgehead atoms. The monoisotopic (exact) mass is 245 g/mol. The first-order valence-corrected chi connectivity index (χ1v) is 6.53. The van der Waals surface area contributed by atoms with Gasteiger partial charge in [-0.2, -0.15) is 0 Å². The number of hydrogen-bond donors (Lipinski definition) is 1. The van der Waals surface area contributed by atoms with Crippen LogP contribution < -0.4 is 0 Å². The predicted molar refractivity (Wildman–Crippen MR) is 73.4 cm³/mol. The number of benzene rings is 1. The molecule has 0 aromatic heterocycles. The third-order valence-corrected chi connectivity index (χ3v) is 3.90. The second kappa shape index (κ2) is 5.15. The molecule has 3 nitrogen and oxygen atoms in total. The zero-order valence-electron chi connectivity index (χ0n) is 11.3. The van der Waals surface area contributed by atoms with E-state index >= 15 is 0 Å². The number of piperidine rings is 1. The molecule has 0 aliphatic carbocycles. The van der Waals surface area contributed by atoms with Crippen LogP contribution >= 0.6 is 0 Å². The Bertz CT molecular complexity index is 459. The highest BCUT2D eigenvalue weighted by atomic mass is 16.2. The summed E-state index contributed by atoms with van der Waals surface area (Å²) in [6, 6.07) is 6.48. The van der Waals surface area contributed by atoms with E-state index in [1.807, 2.05) is 0 Å². The van der Waals surface area contributed by atoms with Crippen molar-refractivity contribution >= 4 is 13.0 Å². The van der Waals surface area contributed by atoms with Gasteiger partial charge in [0.05, 0.1) is 0 Å². The van der Waals surface area contributed by atoms with Crippen molar-refractivity contribution in [2.24, 2.45) is 0 Å². The van der Waals surface area contributed by atoms with Gasteiger partial charge in [0, 0.05) is 18.9 Å². The molecule has 1 aliphatic rings. The van der Waals surface area contributed by atoms with Gasteiger partial charge >= 0.3 is 7.05 Å². The molecule has 0 spiro atoms. The fourth-order valence-electron chi connectivity index (χ4n) is 2.52. The molecule has 96 valence electrons. The van der Waals surface area contributed by atoms with Crippen LogP contribution in [0, 0.1) is 13.8 Å². The first-order chi connectivity index (χ1) is 8.49. The summed E-state index contributed by atoms with van der Waals surface area (Å²) in [6.45, 7) is 6.49. The van der Waals surface area contributed by atoms with Gasteiger partial charge in [-0.1, -0.05) is 18.2 Å². The Hall–Kier alpha value is -1.29. The van der Waals surface area contributed by atoms with Gasteiger partial charge in [0.25, 0.3) is 0 Å². The summed E-state index contributed by atoms with van der Waals surface area (Å²) in [5.41, 5.74) is 3.85. The molecule has 2 rings (SSSR count). The van der Waals surface area contributed by atoms with E-state index < -0.39 is 7.05 Å². The average molecular weight is 245 g/mol. The molecule has 0 radical (unpaired) electrons. The van der Waals surface area contributed by atoms with Crippen LogP contribution in [0.25, 0.3) is 0 Å². The molecule has 1 heterocycles. The lowest BCUT2D eigenvalue weighted by molar-refractivity contribution is -0.129. The summed E-state index contributed by atoms with van der Waals surface area (Å²) in [4.78, 5) is 13.3. The van der Waals surface area contributed by atoms with Crippen molar-refractivity contribution in [1.82, 2.24) is 4.81 Å². The van der Waals surface area contributed by atoms with E-state index in [0.29, 0.717) is 18.9 Å². The number of carbonyl (C=O) groups excluding carboxylic acids is 1. The summed E-state index contributed by atoms with van der Waals surface area (Å²) < 4.78 is 0. The summed E-state index contributed by atoms with van der Waals surface area (Å²) in [7, 11) is -0.688. The molecule has 18 heavy (non-hydrogen) atoms. The van der Waals surface area contributed by atoms with E-state index in [1.54, 1.807) is 11.6 Å². The highest BCUT2D eigenvalue weighted by Gasteiger charge is 2.30. The highest BCUT2D eigenvalue weighted by Crippen LogP contribution is 2.28. The van der Waals surface area contributed by atoms with Crippen molar-refractivity contribution in [2.75, 3.05) is 6.54 Å². The molecule has 1 aliphatic heterocycles. The van der Waals surface area contributed by atoms with Crippen molar-refractivity contribution in [3.05, 3.63) is 34.9 Å². The number of nitrogens with zero attached hydrogens (tertiary/aromatic N) is 1. The minimum Gasteiger partial charge on any atom is -0.432 e. The highest BCUT2D eigenvalue weighted by molar-refractivity contribution is 6.49. The molecule has 1 aromatic carbocycles. The zero-order valence-corrected chi connectivity index (χ0v) is 11.3. The lowest BCUT2D eigenvalue weighted by Crippen LogP contribution is -2.47. The number of carbonyl (C=O) groups is 1. The average Bonchev–Trinajstić information content (AvgIpc) is 2.33. The van der Waals surface area contributed by atoms with Crippen LogP contribution in [0.1, 0.15) is 35.4 Å². The van der Waals surface area contributed by atoms with Gasteiger partial charge in [0.1, 0.15) is 0 Å². The third kappa shape index (κ3) is 2.59. The van der Waals surface area contributed by atoms with Gasteiger partial charge in [-0.15, -0.1) is 0 Å². The molecular weight excluding hydrogens is 225 g/mol. The smallest absolute Gasteiger partial charge is 0.411 e. The molecule has 1 atom stereocenters. The fraction of sp³-hybridized carbons (Fsp3) is 0.500. The molecule has 1 saturated heterocycles. The first kappa shape index (κ1) is 13.2. The second-order valence-electron chi connectivity index (χ2n) is 5.26. The summed E-state index contributed by atoms with van der Waals surface area (Å²) in [6.07, 6.45) is 1.41. The van der Waals surface area contributed by atoms with Gasteiger partial charge in [-0.05, 0) is 43.8 Å². The first-order valence-electron chi connectivity index (χ1n) is 6.53. The lowest BCUT2D eigenvalue weighted by Gasteiger charge is -2.34. The maximum absolute atomic E-state index is 11.7. The van der Waals surface area contributed by atoms with Crippen LogP contribution in [0.3, 0.4) is 0 Å². The fourth-order valence-corrected chi connectivity index (χ4v) is 2.52. The third-order valence-electron chi connectivity index (χ3n) is 3.90. The minimum absolute atomic E-state index is 0.0603. The number of rotatable bonds is 2. The molecule has 1 N–H and O–H groups in total. The van der Waals surface area contributed by atoms with Gasteiger partial charge < -0.3 is 9.83 Å². The van der Waals surface area contributed by atoms with Gasteiger partial charge in [-0.3, -0.25) is 4.79 Å². The van der Waals surface area contributed by atoms with Crippen molar-refractivity contribution < 1.29 is 9.82 Å². The van der Waals surface area contributed by atoms with Gasteiger partial charge in [0.15, 0.2) is 0 Å². The van der Waals surface area contributed by atoms with E-state index in [9.17, 15) is 9.82 Å². The molecule has 1 aromatic rings. The second-order valence-corrected chi connectivity index (χ2v) is 5.26. The summed E-state index contributed by atoms with van der Waals surface area (Å²) in [5, 5.41) is 9.62. The van der Waals surface area contributed by atoms with Crippen molar-refractivity contribution in [3.8, 4) is 0 Å². The number of aryl methyl sites for hydroxylation is 2. The quantitative estimate of drug-likeness (QED) is 0.811. The Morgan fingerprint density at radius 2 is 2.06 bits per heavy atom. The molecule has 0 unspecified atom stereocenters. The number of amides is 1. The largest absolute Gasteiger partial charge is 0.432 e. The topological polar surface area (TPSA) is 40.5 Å². The molecule has 1 fully saturated rings. The van der Waals surface area contributed by atoms with Crippen LogP contribution in [0.4, 0.5) is 0 Å². The van der Waals surface area contributed by atoms with E-state index in [0.717, 1.165) is 6.42 Å². The molecule has 0 saturated carbocycles. The van der Waals surface area contributed by atoms with E-state index in [-0.39, 0.29) is 5.91 Å². The zero-order chi connectivity index (χ0) is 13.3. The Kier molecular flexibility index (Phi) is 3.76. The van der Waals surface area contributed by atoms with Crippen LogP contribution in [-0.2, 0) is 4.79 Å². The maximum Gasteiger partial charge on any atom is 0.411 e. The van der Waals surface area contributed by atoms with E-state index in [4.69, 9.17) is 0 Å². The Balaban J connectivity index is 2.18. The van der Waals surface area contributed by atoms with Crippen LogP contribution in [-0.4, -0.2) is 29.3 Å². The van der Waals surface area contributed by atoms with Gasteiger partial charge in [0.2, 0.25) is 5.91 Å². The van der Waals surface area contributed by atoms with E-state index in [1.165, 1.54) is 16.7 Å². The Morgan fingerprint density at radius 1 is 1.33 bits per heavy atom. The molecule has 4 heteroatoms. The summed E-state index contributed by atoms with van der Waals surface area (Å²) in [5.74, 6) is 0.404. The predicted octanol–water partition coefficient (Wildman–Crippen LogP) is 2.12. The SMILES string of the molecule is CB(O)N1C[C@H](c2ccc(C)c(C)c2)CCC1=O. The normalized spacial score (nSPS) is 20.1. The van der Waals surface area contributed by atoms with E-state index in [2.05, 4.69) is 32.0 Å². The lowest BCUT2D eigenvalue weighted by atomic mass is 9.78. The van der Waals surface area contributed by atoms with Crippen LogP contribution in [0.2, 0.25) is 6.82 Å². The van der Waals surface area contributed by atoms with Crippen molar-refractivity contribution in [2.45, 2.75) is 39.4 Å². The molecular formula is C14H20BNO2. The number of hydrogen-bond acceptors (Lipinski definition) is 2. The van der Waals surface area contributed by atoms with Crippen LogP contribution in [0.5, 0.6) is 0 Å². The standard InChI is InChI=1S/C14H20BNO2/c1-10-4-5-12(8-11(10)2)13-6-7-14(17)16(9-13)15(3)18/h4-5,8,13,18H,6-7,9H2,1-3H3/t13-/m1/s1. The van der Waals surface area contributed by atoms with Crippen molar-refractivity contribution in [3.63, 3.8) is 0 Å².